The summed E-state index contributed by atoms with van der Waals surface area (Å²) in [6.07, 6.45) is 1.95. The van der Waals surface area contributed by atoms with Crippen molar-refractivity contribution >= 4 is 21.8 Å². The number of halogens is 1. The molecule has 0 spiro atoms. The molecule has 1 aliphatic heterocycles. The maximum Gasteiger partial charge on any atom is 0.271 e. The number of carbonyl (C=O) groups is 1. The Morgan fingerprint density at radius 2 is 2.28 bits per heavy atom. The molecule has 0 aliphatic carbocycles. The van der Waals surface area contributed by atoms with Gasteiger partial charge in [-0.25, -0.2) is 0 Å². The van der Waals surface area contributed by atoms with Crippen LogP contribution in [0.2, 0.25) is 0 Å². The van der Waals surface area contributed by atoms with Crippen LogP contribution in [0, 0.1) is 0 Å². The third-order valence-electron chi connectivity index (χ3n) is 3.31. The number of hydrogen-bond acceptors (Lipinski definition) is 2. The van der Waals surface area contributed by atoms with E-state index in [1.54, 1.807) is 0 Å². The minimum atomic E-state index is -0.245. The summed E-state index contributed by atoms with van der Waals surface area (Å²) in [5, 5.41) is 0. The van der Waals surface area contributed by atoms with E-state index in [0.29, 0.717) is 19.8 Å². The normalized spacial score (nSPS) is 19.0. The molecular formula is C13H19BrN2O2. The summed E-state index contributed by atoms with van der Waals surface area (Å²) in [6, 6.07) is 1.89. The van der Waals surface area contributed by atoms with Crippen LogP contribution in [0.15, 0.2) is 16.7 Å². The summed E-state index contributed by atoms with van der Waals surface area (Å²) in [7, 11) is 0. The molecule has 0 saturated carbocycles. The molecule has 2 rings (SSSR count). The van der Waals surface area contributed by atoms with Crippen LogP contribution >= 0.6 is 15.9 Å². The Hall–Kier alpha value is -0.810. The van der Waals surface area contributed by atoms with E-state index in [1.807, 2.05) is 42.5 Å². The van der Waals surface area contributed by atoms with Crippen LogP contribution < -0.4 is 0 Å². The molecule has 1 aromatic rings. The molecule has 2 heterocycles. The first-order valence-corrected chi connectivity index (χ1v) is 7.00. The van der Waals surface area contributed by atoms with E-state index < -0.39 is 0 Å². The SMILES string of the molecule is CCn1cc(Br)cc1C(=O)N1CCOCC1(C)C. The predicted octanol–water partition coefficient (Wildman–Crippen LogP) is 2.52. The van der Waals surface area contributed by atoms with Crippen molar-refractivity contribution in [1.82, 2.24) is 9.47 Å². The van der Waals surface area contributed by atoms with Crippen molar-refractivity contribution in [2.24, 2.45) is 0 Å². The van der Waals surface area contributed by atoms with Gasteiger partial charge in [-0.2, -0.15) is 0 Å². The van der Waals surface area contributed by atoms with Gasteiger partial charge in [0.1, 0.15) is 5.69 Å². The van der Waals surface area contributed by atoms with Gasteiger partial charge in [0.25, 0.3) is 5.91 Å². The summed E-state index contributed by atoms with van der Waals surface area (Å²) >= 11 is 3.43. The molecule has 0 N–H and O–H groups in total. The molecule has 1 saturated heterocycles. The zero-order valence-electron chi connectivity index (χ0n) is 11.1. The van der Waals surface area contributed by atoms with E-state index in [-0.39, 0.29) is 11.4 Å². The quantitative estimate of drug-likeness (QED) is 0.840. The third-order valence-corrected chi connectivity index (χ3v) is 3.75. The van der Waals surface area contributed by atoms with Crippen LogP contribution in [0.4, 0.5) is 0 Å². The predicted molar refractivity (Wildman–Crippen MR) is 73.7 cm³/mol. The molecule has 4 nitrogen and oxygen atoms in total. The smallest absolute Gasteiger partial charge is 0.271 e. The number of morpholine rings is 1. The topological polar surface area (TPSA) is 34.5 Å². The van der Waals surface area contributed by atoms with E-state index in [1.165, 1.54) is 0 Å². The van der Waals surface area contributed by atoms with Crippen molar-refractivity contribution in [3.63, 3.8) is 0 Å². The number of amides is 1. The van der Waals surface area contributed by atoms with Crippen molar-refractivity contribution in [3.05, 3.63) is 22.4 Å². The first kappa shape index (κ1) is 13.6. The molecule has 100 valence electrons. The van der Waals surface area contributed by atoms with Crippen LogP contribution in [-0.2, 0) is 11.3 Å². The van der Waals surface area contributed by atoms with Crippen LogP contribution in [0.25, 0.3) is 0 Å². The van der Waals surface area contributed by atoms with Gasteiger partial charge in [-0.05, 0) is 42.8 Å². The number of hydrogen-bond donors (Lipinski definition) is 0. The highest BCUT2D eigenvalue weighted by Gasteiger charge is 2.35. The monoisotopic (exact) mass is 314 g/mol. The van der Waals surface area contributed by atoms with Crippen molar-refractivity contribution in [1.29, 1.82) is 0 Å². The van der Waals surface area contributed by atoms with E-state index in [0.717, 1.165) is 16.7 Å². The number of rotatable bonds is 2. The van der Waals surface area contributed by atoms with Gasteiger partial charge in [-0.1, -0.05) is 0 Å². The Bertz CT molecular complexity index is 454. The second-order valence-corrected chi connectivity index (χ2v) is 6.07. The first-order valence-electron chi connectivity index (χ1n) is 6.21. The first-order chi connectivity index (χ1) is 8.45. The number of aromatic nitrogens is 1. The van der Waals surface area contributed by atoms with E-state index >= 15 is 0 Å². The Balaban J connectivity index is 2.29. The Morgan fingerprint density at radius 1 is 1.56 bits per heavy atom. The summed E-state index contributed by atoms with van der Waals surface area (Å²) < 4.78 is 8.37. The average molecular weight is 315 g/mol. The fourth-order valence-electron chi connectivity index (χ4n) is 2.29. The van der Waals surface area contributed by atoms with Crippen LogP contribution in [0.1, 0.15) is 31.3 Å². The van der Waals surface area contributed by atoms with Gasteiger partial charge in [0, 0.05) is 23.8 Å². The van der Waals surface area contributed by atoms with Crippen LogP contribution in [0.5, 0.6) is 0 Å². The van der Waals surface area contributed by atoms with Gasteiger partial charge in [-0.3, -0.25) is 4.79 Å². The van der Waals surface area contributed by atoms with Gasteiger partial charge >= 0.3 is 0 Å². The summed E-state index contributed by atoms with van der Waals surface area (Å²) in [6.45, 7) is 8.76. The molecule has 1 fully saturated rings. The van der Waals surface area contributed by atoms with Gasteiger partial charge in [0.15, 0.2) is 0 Å². The lowest BCUT2D eigenvalue weighted by atomic mass is 10.0. The largest absolute Gasteiger partial charge is 0.377 e. The van der Waals surface area contributed by atoms with Crippen LogP contribution in [0.3, 0.4) is 0 Å². The second kappa shape index (κ2) is 5.05. The maximum atomic E-state index is 12.6. The summed E-state index contributed by atoms with van der Waals surface area (Å²) in [5.74, 6) is 0.0795. The summed E-state index contributed by atoms with van der Waals surface area (Å²) in [4.78, 5) is 14.5. The van der Waals surface area contributed by atoms with Gasteiger partial charge < -0.3 is 14.2 Å². The fraction of sp³-hybridized carbons (Fsp3) is 0.615. The van der Waals surface area contributed by atoms with Gasteiger partial charge in [0.2, 0.25) is 0 Å². The Labute approximate surface area is 116 Å². The van der Waals surface area contributed by atoms with Crippen molar-refractivity contribution in [2.75, 3.05) is 19.8 Å². The minimum Gasteiger partial charge on any atom is -0.377 e. The third kappa shape index (κ3) is 2.47. The standard InChI is InChI=1S/C13H19BrN2O2/c1-4-15-8-10(14)7-11(15)12(17)16-5-6-18-9-13(16,2)3/h7-8H,4-6,9H2,1-3H3. The number of ether oxygens (including phenoxy) is 1. The molecule has 0 unspecified atom stereocenters. The molecule has 0 radical (unpaired) electrons. The van der Waals surface area contributed by atoms with E-state index in [2.05, 4.69) is 15.9 Å². The molecule has 0 aromatic carbocycles. The van der Waals surface area contributed by atoms with Crippen molar-refractivity contribution in [2.45, 2.75) is 32.9 Å². The average Bonchev–Trinajstić information content (AvgIpc) is 2.69. The number of carbonyl (C=O) groups excluding carboxylic acids is 1. The fourth-order valence-corrected chi connectivity index (χ4v) is 2.75. The molecule has 1 aliphatic rings. The number of nitrogens with zero attached hydrogens (tertiary/aromatic N) is 2. The highest BCUT2D eigenvalue weighted by molar-refractivity contribution is 9.10. The lowest BCUT2D eigenvalue weighted by Crippen LogP contribution is -2.55. The molecule has 0 bridgehead atoms. The van der Waals surface area contributed by atoms with Gasteiger partial charge in [-0.15, -0.1) is 0 Å². The lowest BCUT2D eigenvalue weighted by Gasteiger charge is -2.42. The number of aryl methyl sites for hydroxylation is 1. The molecule has 18 heavy (non-hydrogen) atoms. The summed E-state index contributed by atoms with van der Waals surface area (Å²) in [5.41, 5.74) is 0.490. The maximum absolute atomic E-state index is 12.6. The highest BCUT2D eigenvalue weighted by Crippen LogP contribution is 2.24. The lowest BCUT2D eigenvalue weighted by molar-refractivity contribution is -0.0375. The van der Waals surface area contributed by atoms with Crippen LogP contribution in [-0.4, -0.2) is 40.7 Å². The molecule has 5 heteroatoms. The highest BCUT2D eigenvalue weighted by atomic mass is 79.9. The Morgan fingerprint density at radius 3 is 2.89 bits per heavy atom. The molecule has 1 aromatic heterocycles. The van der Waals surface area contributed by atoms with E-state index in [9.17, 15) is 4.79 Å². The molecule has 0 atom stereocenters. The Kier molecular flexibility index (Phi) is 3.82. The molecular weight excluding hydrogens is 296 g/mol. The second-order valence-electron chi connectivity index (χ2n) is 5.15. The molecule has 1 amide bonds. The minimum absolute atomic E-state index is 0.0795. The van der Waals surface area contributed by atoms with Crippen molar-refractivity contribution < 1.29 is 9.53 Å². The zero-order chi connectivity index (χ0) is 13.3. The van der Waals surface area contributed by atoms with Gasteiger partial charge in [0.05, 0.1) is 18.8 Å². The van der Waals surface area contributed by atoms with Crippen molar-refractivity contribution in [3.8, 4) is 0 Å². The van der Waals surface area contributed by atoms with E-state index in [4.69, 9.17) is 4.74 Å². The zero-order valence-corrected chi connectivity index (χ0v) is 12.7.